The Morgan fingerprint density at radius 1 is 0.857 bits per heavy atom. The summed E-state index contributed by atoms with van der Waals surface area (Å²) in [5, 5.41) is 3.53. The Labute approximate surface area is 172 Å². The maximum absolute atomic E-state index is 6.08. The minimum absolute atomic E-state index is 0.382. The van der Waals surface area contributed by atoms with Crippen LogP contribution in [0.5, 0.6) is 0 Å². The van der Waals surface area contributed by atoms with Gasteiger partial charge in [0.15, 0.2) is 5.96 Å². The number of nitrogens with zero attached hydrogens (tertiary/aromatic N) is 2. The van der Waals surface area contributed by atoms with Gasteiger partial charge in [0.05, 0.1) is 12.2 Å². The number of rotatable bonds is 11. The number of hydrogen-bond acceptors (Lipinski definition) is 4. The zero-order valence-corrected chi connectivity index (χ0v) is 18.3. The number of guanidine groups is 1. The van der Waals surface area contributed by atoms with Gasteiger partial charge in [-0.05, 0) is 44.9 Å². The van der Waals surface area contributed by atoms with Crippen molar-refractivity contribution in [2.45, 2.75) is 82.8 Å². The predicted octanol–water partition coefficient (Wildman–Crippen LogP) is 3.60. The Morgan fingerprint density at radius 3 is 2.14 bits per heavy atom. The molecule has 0 aromatic heterocycles. The minimum atomic E-state index is 0.382. The molecule has 2 fully saturated rings. The highest BCUT2D eigenvalue weighted by atomic mass is 16.5. The van der Waals surface area contributed by atoms with Crippen molar-refractivity contribution in [3.63, 3.8) is 0 Å². The fourth-order valence-corrected chi connectivity index (χ4v) is 4.11. The van der Waals surface area contributed by atoms with Gasteiger partial charge >= 0.3 is 0 Å². The van der Waals surface area contributed by atoms with Gasteiger partial charge < -0.3 is 24.4 Å². The van der Waals surface area contributed by atoms with Crippen molar-refractivity contribution in [3.05, 3.63) is 0 Å². The largest absolute Gasteiger partial charge is 0.385 e. The molecular weight excluding hydrogens is 354 g/mol. The maximum atomic E-state index is 6.08. The van der Waals surface area contributed by atoms with Crippen molar-refractivity contribution >= 4 is 5.96 Å². The van der Waals surface area contributed by atoms with Crippen molar-refractivity contribution in [2.75, 3.05) is 53.6 Å². The van der Waals surface area contributed by atoms with Crippen molar-refractivity contribution in [1.29, 1.82) is 0 Å². The molecular formula is C22H43N3O3. The van der Waals surface area contributed by atoms with Crippen LogP contribution in [0.1, 0.15) is 70.6 Å². The van der Waals surface area contributed by atoms with Crippen LogP contribution in [0.3, 0.4) is 0 Å². The van der Waals surface area contributed by atoms with Crippen LogP contribution in [0, 0.1) is 0 Å². The van der Waals surface area contributed by atoms with Crippen molar-refractivity contribution in [1.82, 2.24) is 10.2 Å². The summed E-state index contributed by atoms with van der Waals surface area (Å²) in [5.41, 5.74) is 0. The summed E-state index contributed by atoms with van der Waals surface area (Å²) in [4.78, 5) is 6.83. The van der Waals surface area contributed by atoms with E-state index in [1.54, 1.807) is 7.11 Å². The van der Waals surface area contributed by atoms with Crippen molar-refractivity contribution < 1.29 is 14.2 Å². The third kappa shape index (κ3) is 9.57. The Bertz CT molecular complexity index is 404. The second-order valence-electron chi connectivity index (χ2n) is 8.07. The van der Waals surface area contributed by atoms with Crippen LogP contribution in [-0.4, -0.2) is 76.7 Å². The second-order valence-corrected chi connectivity index (χ2v) is 8.07. The van der Waals surface area contributed by atoms with Gasteiger partial charge in [0, 0.05) is 53.6 Å². The molecule has 0 atom stereocenters. The lowest BCUT2D eigenvalue weighted by molar-refractivity contribution is 0.00988. The van der Waals surface area contributed by atoms with Gasteiger partial charge in [0.2, 0.25) is 0 Å². The molecule has 0 radical (unpaired) electrons. The summed E-state index contributed by atoms with van der Waals surface area (Å²) in [6.07, 6.45) is 14.3. The molecule has 2 aliphatic rings. The molecule has 28 heavy (non-hydrogen) atoms. The maximum Gasteiger partial charge on any atom is 0.193 e. The molecule has 1 saturated heterocycles. The number of ether oxygens (including phenoxy) is 3. The van der Waals surface area contributed by atoms with E-state index in [0.29, 0.717) is 12.2 Å². The van der Waals surface area contributed by atoms with Crippen LogP contribution >= 0.6 is 0 Å². The van der Waals surface area contributed by atoms with Crippen molar-refractivity contribution in [3.8, 4) is 0 Å². The molecule has 0 bridgehead atoms. The van der Waals surface area contributed by atoms with E-state index < -0.39 is 0 Å². The summed E-state index contributed by atoms with van der Waals surface area (Å²) < 4.78 is 17.1. The number of piperidine rings is 1. The first kappa shape index (κ1) is 23.4. The summed E-state index contributed by atoms with van der Waals surface area (Å²) in [6, 6.07) is 0. The SMILES string of the molecule is CN=C(NCCCCOC1CCCCCC1)N1CCC(OCCCOC)CC1. The molecule has 0 unspecified atom stereocenters. The highest BCUT2D eigenvalue weighted by Gasteiger charge is 2.21. The first-order valence-corrected chi connectivity index (χ1v) is 11.5. The molecule has 1 aliphatic carbocycles. The van der Waals surface area contributed by atoms with Crippen LogP contribution in [0.2, 0.25) is 0 Å². The highest BCUT2D eigenvalue weighted by Crippen LogP contribution is 2.20. The van der Waals surface area contributed by atoms with Gasteiger partial charge in [-0.25, -0.2) is 0 Å². The van der Waals surface area contributed by atoms with Crippen LogP contribution in [0.15, 0.2) is 4.99 Å². The second kappa shape index (κ2) is 15.1. The van der Waals surface area contributed by atoms with Gasteiger partial charge in [0.1, 0.15) is 0 Å². The van der Waals surface area contributed by atoms with E-state index in [1.165, 1.54) is 38.5 Å². The minimum Gasteiger partial charge on any atom is -0.385 e. The van der Waals surface area contributed by atoms with Crippen LogP contribution < -0.4 is 5.32 Å². The van der Waals surface area contributed by atoms with Crippen molar-refractivity contribution in [2.24, 2.45) is 4.99 Å². The molecule has 0 aromatic carbocycles. The lowest BCUT2D eigenvalue weighted by Crippen LogP contribution is -2.47. The lowest BCUT2D eigenvalue weighted by atomic mass is 10.1. The summed E-state index contributed by atoms with van der Waals surface area (Å²) in [5.74, 6) is 1.03. The topological polar surface area (TPSA) is 55.3 Å². The number of nitrogens with one attached hydrogen (secondary N) is 1. The fraction of sp³-hybridized carbons (Fsp3) is 0.955. The standard InChI is InChI=1S/C22H43N3O3/c1-23-22(25-15-12-21(13-16-25)28-19-9-17-26-2)24-14-7-8-18-27-20-10-5-3-4-6-11-20/h20-21H,3-19H2,1-2H3,(H,23,24). The Hall–Kier alpha value is -0.850. The van der Waals surface area contributed by atoms with Crippen LogP contribution in [0.4, 0.5) is 0 Å². The Kier molecular flexibility index (Phi) is 12.6. The molecule has 0 aromatic rings. The summed E-state index contributed by atoms with van der Waals surface area (Å²) >= 11 is 0. The molecule has 0 amide bonds. The van der Waals surface area contributed by atoms with Gasteiger partial charge in [-0.1, -0.05) is 25.7 Å². The summed E-state index contributed by atoms with van der Waals surface area (Å²) in [7, 11) is 3.62. The zero-order chi connectivity index (χ0) is 19.9. The van der Waals surface area contributed by atoms with Gasteiger partial charge in [0.25, 0.3) is 0 Å². The third-order valence-corrected chi connectivity index (χ3v) is 5.81. The van der Waals surface area contributed by atoms with Gasteiger partial charge in [-0.15, -0.1) is 0 Å². The Morgan fingerprint density at radius 2 is 1.50 bits per heavy atom. The zero-order valence-electron chi connectivity index (χ0n) is 18.3. The van der Waals surface area contributed by atoms with E-state index in [4.69, 9.17) is 14.2 Å². The first-order valence-electron chi connectivity index (χ1n) is 11.5. The number of methoxy groups -OCH3 is 1. The number of hydrogen-bond donors (Lipinski definition) is 1. The molecule has 0 spiro atoms. The average Bonchev–Trinajstić information content (AvgIpc) is 3.00. The third-order valence-electron chi connectivity index (χ3n) is 5.81. The van der Waals surface area contributed by atoms with Crippen LogP contribution in [-0.2, 0) is 14.2 Å². The normalized spacial score (nSPS) is 20.4. The van der Waals surface area contributed by atoms with E-state index >= 15 is 0 Å². The average molecular weight is 398 g/mol. The molecule has 2 rings (SSSR count). The highest BCUT2D eigenvalue weighted by molar-refractivity contribution is 5.79. The quantitative estimate of drug-likeness (QED) is 0.250. The number of aliphatic imine (C=N–C) groups is 1. The predicted molar refractivity (Wildman–Crippen MR) is 115 cm³/mol. The molecule has 6 nitrogen and oxygen atoms in total. The first-order chi connectivity index (χ1) is 13.8. The monoisotopic (exact) mass is 397 g/mol. The van der Waals surface area contributed by atoms with Gasteiger partial charge in [-0.2, -0.15) is 0 Å². The van der Waals surface area contributed by atoms with E-state index in [-0.39, 0.29) is 0 Å². The van der Waals surface area contributed by atoms with Gasteiger partial charge in [-0.3, -0.25) is 4.99 Å². The molecule has 1 N–H and O–H groups in total. The van der Waals surface area contributed by atoms with E-state index in [0.717, 1.165) is 77.5 Å². The smallest absolute Gasteiger partial charge is 0.193 e. The van der Waals surface area contributed by atoms with E-state index in [9.17, 15) is 0 Å². The van der Waals surface area contributed by atoms with Crippen LogP contribution in [0.25, 0.3) is 0 Å². The molecule has 6 heteroatoms. The fourth-order valence-electron chi connectivity index (χ4n) is 4.11. The lowest BCUT2D eigenvalue weighted by Gasteiger charge is -2.34. The number of likely N-dealkylation sites (tertiary alicyclic amines) is 1. The number of unbranched alkanes of at least 4 members (excludes halogenated alkanes) is 1. The molecule has 1 heterocycles. The van der Waals surface area contributed by atoms with E-state index in [2.05, 4.69) is 15.2 Å². The molecule has 164 valence electrons. The van der Waals surface area contributed by atoms with E-state index in [1.807, 2.05) is 7.05 Å². The Balaban J connectivity index is 1.50. The summed E-state index contributed by atoms with van der Waals surface area (Å²) in [6.45, 7) is 5.47. The molecule has 1 aliphatic heterocycles. The molecule has 1 saturated carbocycles.